The van der Waals surface area contributed by atoms with E-state index in [1.807, 2.05) is 83.1 Å². The average Bonchev–Trinajstić information content (AvgIpc) is 2.83. The maximum Gasteiger partial charge on any atom is 0.410 e. The Morgan fingerprint density at radius 2 is 0.674 bits per heavy atom. The van der Waals surface area contributed by atoms with Gasteiger partial charge in [-0.25, -0.2) is 19.2 Å². The molecule has 0 saturated heterocycles. The second-order valence-electron chi connectivity index (χ2n) is 15.6. The summed E-state index contributed by atoms with van der Waals surface area (Å²) >= 11 is 0. The summed E-state index contributed by atoms with van der Waals surface area (Å²) in [5.74, 6) is 0. The number of carbonyl (C=O) groups excluding carboxylic acids is 4. The van der Waals surface area contributed by atoms with Crippen molar-refractivity contribution in [3.63, 3.8) is 0 Å². The molecule has 0 aromatic heterocycles. The van der Waals surface area contributed by atoms with Crippen LogP contribution in [0.3, 0.4) is 0 Å². The molecular weight excluding hydrogens is 592 g/mol. The molecule has 0 aromatic carbocycles. The standard InChI is InChI=1S/C34H66N4O8/c1-31(2,3)43-27(39)35-21-19-25-37(29(41)45-33(7,8)9)23-17-15-13-14-16-18-24-38(30(42)46-34(10,11)12)26-20-22-36-28(40)44-32(4,5)6/h13-26H2,1-12H3,(H,35,39)(H,36,40). The van der Waals surface area contributed by atoms with Crippen LogP contribution in [0.1, 0.15) is 134 Å². The molecule has 0 bridgehead atoms. The van der Waals surface area contributed by atoms with Crippen LogP contribution in [0.4, 0.5) is 19.2 Å². The molecule has 2 N–H and O–H groups in total. The number of amides is 4. The van der Waals surface area contributed by atoms with Gasteiger partial charge in [-0.3, -0.25) is 0 Å². The van der Waals surface area contributed by atoms with E-state index in [4.69, 9.17) is 18.9 Å². The third-order valence-electron chi connectivity index (χ3n) is 5.96. The fraction of sp³-hybridized carbons (Fsp3) is 0.882. The van der Waals surface area contributed by atoms with Crippen molar-refractivity contribution in [2.75, 3.05) is 39.3 Å². The molecule has 46 heavy (non-hydrogen) atoms. The van der Waals surface area contributed by atoms with Gasteiger partial charge < -0.3 is 39.4 Å². The summed E-state index contributed by atoms with van der Waals surface area (Å²) in [5.41, 5.74) is -2.31. The number of ether oxygens (including phenoxy) is 4. The Morgan fingerprint density at radius 3 is 0.957 bits per heavy atom. The van der Waals surface area contributed by atoms with Gasteiger partial charge >= 0.3 is 24.4 Å². The van der Waals surface area contributed by atoms with Gasteiger partial charge in [0.05, 0.1) is 0 Å². The highest BCUT2D eigenvalue weighted by atomic mass is 16.6. The Hall–Kier alpha value is -2.92. The van der Waals surface area contributed by atoms with E-state index in [9.17, 15) is 19.2 Å². The minimum Gasteiger partial charge on any atom is -0.444 e. The van der Waals surface area contributed by atoms with E-state index in [0.29, 0.717) is 52.1 Å². The zero-order chi connectivity index (χ0) is 35.6. The maximum atomic E-state index is 12.8. The van der Waals surface area contributed by atoms with Gasteiger partial charge in [0.15, 0.2) is 0 Å². The van der Waals surface area contributed by atoms with Crippen molar-refractivity contribution in [2.45, 2.75) is 157 Å². The molecule has 0 spiro atoms. The third kappa shape index (κ3) is 26.3. The van der Waals surface area contributed by atoms with Crippen LogP contribution >= 0.6 is 0 Å². The lowest BCUT2D eigenvalue weighted by molar-refractivity contribution is 0.0230. The largest absolute Gasteiger partial charge is 0.444 e. The predicted octanol–water partition coefficient (Wildman–Crippen LogP) is 7.63. The number of unbranched alkanes of at least 4 members (excludes halogenated alkanes) is 5. The van der Waals surface area contributed by atoms with Gasteiger partial charge in [-0.2, -0.15) is 0 Å². The molecule has 12 nitrogen and oxygen atoms in total. The molecule has 0 aliphatic rings. The number of hydrogen-bond acceptors (Lipinski definition) is 8. The zero-order valence-electron chi connectivity index (χ0n) is 31.1. The van der Waals surface area contributed by atoms with E-state index in [0.717, 1.165) is 38.5 Å². The third-order valence-corrected chi connectivity index (χ3v) is 5.96. The maximum absolute atomic E-state index is 12.8. The quantitative estimate of drug-likeness (QED) is 0.120. The number of carbonyl (C=O) groups is 4. The number of alkyl carbamates (subject to hydrolysis) is 2. The van der Waals surface area contributed by atoms with E-state index in [1.54, 1.807) is 9.80 Å². The number of rotatable bonds is 17. The van der Waals surface area contributed by atoms with E-state index >= 15 is 0 Å². The van der Waals surface area contributed by atoms with Gasteiger partial charge in [-0.1, -0.05) is 25.7 Å². The molecule has 0 rings (SSSR count). The molecule has 0 heterocycles. The minimum atomic E-state index is -0.591. The fourth-order valence-corrected chi connectivity index (χ4v) is 4.10. The second kappa shape index (κ2) is 20.3. The Balaban J connectivity index is 4.63. The van der Waals surface area contributed by atoms with Crippen LogP contribution in [-0.2, 0) is 18.9 Å². The van der Waals surface area contributed by atoms with E-state index in [-0.39, 0.29) is 12.2 Å². The molecule has 0 unspecified atom stereocenters. The van der Waals surface area contributed by atoms with Crippen LogP contribution < -0.4 is 10.6 Å². The van der Waals surface area contributed by atoms with E-state index in [2.05, 4.69) is 10.6 Å². The van der Waals surface area contributed by atoms with Crippen molar-refractivity contribution in [1.82, 2.24) is 20.4 Å². The summed E-state index contributed by atoms with van der Waals surface area (Å²) in [7, 11) is 0. The predicted molar refractivity (Wildman–Crippen MR) is 181 cm³/mol. The molecule has 4 amide bonds. The normalized spacial score (nSPS) is 12.2. The van der Waals surface area contributed by atoms with Crippen molar-refractivity contribution in [1.29, 1.82) is 0 Å². The summed E-state index contributed by atoms with van der Waals surface area (Å²) < 4.78 is 21.7. The lowest BCUT2D eigenvalue weighted by Crippen LogP contribution is -2.39. The summed E-state index contributed by atoms with van der Waals surface area (Å²) in [6.45, 7) is 24.8. The van der Waals surface area contributed by atoms with Gasteiger partial charge in [0.2, 0.25) is 0 Å². The fourth-order valence-electron chi connectivity index (χ4n) is 4.10. The molecule has 0 aliphatic carbocycles. The van der Waals surface area contributed by atoms with Crippen LogP contribution in [0, 0.1) is 0 Å². The molecule has 12 heteroatoms. The molecule has 0 saturated carbocycles. The molecule has 0 fully saturated rings. The minimum absolute atomic E-state index is 0.353. The van der Waals surface area contributed by atoms with Crippen molar-refractivity contribution < 1.29 is 38.1 Å². The molecule has 0 aromatic rings. The summed E-state index contributed by atoms with van der Waals surface area (Å²) in [5, 5.41) is 5.47. The van der Waals surface area contributed by atoms with Crippen LogP contribution in [0.15, 0.2) is 0 Å². The van der Waals surface area contributed by atoms with Gasteiger partial charge in [-0.05, 0) is 109 Å². The van der Waals surface area contributed by atoms with Crippen molar-refractivity contribution in [2.24, 2.45) is 0 Å². The molecule has 270 valence electrons. The van der Waals surface area contributed by atoms with Gasteiger partial charge in [0, 0.05) is 39.3 Å². The van der Waals surface area contributed by atoms with E-state index < -0.39 is 34.6 Å². The molecular formula is C34H66N4O8. The first kappa shape index (κ1) is 43.1. The lowest BCUT2D eigenvalue weighted by atomic mass is 10.1. The molecule has 0 aliphatic heterocycles. The van der Waals surface area contributed by atoms with Gasteiger partial charge in [0.1, 0.15) is 22.4 Å². The molecule has 0 atom stereocenters. The first-order valence-corrected chi connectivity index (χ1v) is 16.9. The smallest absolute Gasteiger partial charge is 0.410 e. The lowest BCUT2D eigenvalue weighted by Gasteiger charge is -2.28. The highest BCUT2D eigenvalue weighted by molar-refractivity contribution is 5.69. The van der Waals surface area contributed by atoms with E-state index in [1.165, 1.54) is 0 Å². The first-order chi connectivity index (χ1) is 21.0. The van der Waals surface area contributed by atoms with Crippen molar-refractivity contribution in [3.8, 4) is 0 Å². The van der Waals surface area contributed by atoms with Crippen LogP contribution in [0.25, 0.3) is 0 Å². The van der Waals surface area contributed by atoms with Crippen LogP contribution in [0.5, 0.6) is 0 Å². The summed E-state index contributed by atoms with van der Waals surface area (Å²) in [4.78, 5) is 52.8. The van der Waals surface area contributed by atoms with Crippen LogP contribution in [0.2, 0.25) is 0 Å². The van der Waals surface area contributed by atoms with Crippen molar-refractivity contribution in [3.05, 3.63) is 0 Å². The first-order valence-electron chi connectivity index (χ1n) is 16.9. The van der Waals surface area contributed by atoms with Gasteiger partial charge in [0.25, 0.3) is 0 Å². The monoisotopic (exact) mass is 658 g/mol. The van der Waals surface area contributed by atoms with Crippen molar-refractivity contribution >= 4 is 24.4 Å². The molecule has 0 radical (unpaired) electrons. The zero-order valence-corrected chi connectivity index (χ0v) is 31.1. The Kier molecular flexibility index (Phi) is 19.1. The topological polar surface area (TPSA) is 136 Å². The van der Waals surface area contributed by atoms with Gasteiger partial charge in [-0.15, -0.1) is 0 Å². The number of nitrogens with zero attached hydrogens (tertiary/aromatic N) is 2. The number of hydrogen-bond donors (Lipinski definition) is 2. The Bertz CT molecular complexity index is 840. The Labute approximate surface area is 279 Å². The Morgan fingerprint density at radius 1 is 0.413 bits per heavy atom. The SMILES string of the molecule is CC(C)(C)OC(=O)NCCCN(CCCCCCCCN(CCCNC(=O)OC(C)(C)C)C(=O)OC(C)(C)C)C(=O)OC(C)(C)C. The highest BCUT2D eigenvalue weighted by Gasteiger charge is 2.23. The summed E-state index contributed by atoms with van der Waals surface area (Å²) in [6.07, 6.45) is 5.14. The summed E-state index contributed by atoms with van der Waals surface area (Å²) in [6, 6.07) is 0. The highest BCUT2D eigenvalue weighted by Crippen LogP contribution is 2.15. The average molecular weight is 659 g/mol. The second-order valence-corrected chi connectivity index (χ2v) is 15.6. The number of nitrogens with one attached hydrogen (secondary N) is 2. The van der Waals surface area contributed by atoms with Crippen LogP contribution in [-0.4, -0.2) is 95.8 Å².